The molecule has 0 saturated carbocycles. The van der Waals surface area contributed by atoms with E-state index in [2.05, 4.69) is 27.7 Å². The third-order valence-electron chi connectivity index (χ3n) is 4.80. The fourth-order valence-corrected chi connectivity index (χ4v) is 3.01. The van der Waals surface area contributed by atoms with Gasteiger partial charge in [0.15, 0.2) is 0 Å². The molecule has 0 saturated heterocycles. The summed E-state index contributed by atoms with van der Waals surface area (Å²) in [6, 6.07) is 0. The molecule has 4 heteroatoms. The monoisotopic (exact) mass is 393 g/mol. The molecule has 0 aromatic carbocycles. The van der Waals surface area contributed by atoms with Crippen molar-refractivity contribution < 1.29 is 31.6 Å². The van der Waals surface area contributed by atoms with Gasteiger partial charge in [0.25, 0.3) is 0 Å². The Hall–Kier alpha value is 0.434. The van der Waals surface area contributed by atoms with Crippen LogP contribution in [0.25, 0.3) is 0 Å². The van der Waals surface area contributed by atoms with Crippen LogP contribution in [0.5, 0.6) is 0 Å². The first-order valence-electron chi connectivity index (χ1n) is 10.6. The Morgan fingerprint density at radius 2 is 0.920 bits per heavy atom. The van der Waals surface area contributed by atoms with Crippen molar-refractivity contribution in [3.63, 3.8) is 0 Å². The van der Waals surface area contributed by atoms with Gasteiger partial charge in [-0.3, -0.25) is 0 Å². The third kappa shape index (κ3) is 26.8. The summed E-state index contributed by atoms with van der Waals surface area (Å²) >= 11 is -1.75. The molecule has 1 atom stereocenters. The fraction of sp³-hybridized carbons (Fsp3) is 1.00. The summed E-state index contributed by atoms with van der Waals surface area (Å²) < 4.78 is 15.8. The van der Waals surface area contributed by atoms with Crippen molar-refractivity contribution in [3.8, 4) is 0 Å². The molecule has 25 heavy (non-hydrogen) atoms. The van der Waals surface area contributed by atoms with Crippen LogP contribution in [0.1, 0.15) is 118 Å². The molecule has 0 aliphatic carbocycles. The summed E-state index contributed by atoms with van der Waals surface area (Å²) in [6.07, 6.45) is 19.1. The van der Waals surface area contributed by atoms with Gasteiger partial charge >= 0.3 is 26.5 Å². The molecule has 0 radical (unpaired) electrons. The summed E-state index contributed by atoms with van der Waals surface area (Å²) in [4.78, 5) is 0. The first-order chi connectivity index (χ1) is 12.0. The van der Waals surface area contributed by atoms with Crippen LogP contribution in [0.2, 0.25) is 0 Å². The van der Waals surface area contributed by atoms with Crippen molar-refractivity contribution in [2.75, 3.05) is 0 Å². The number of hydrogen-bond donors (Lipinski definition) is 2. The molecule has 0 aliphatic rings. The number of rotatable bonds is 16. The predicted molar refractivity (Wildman–Crippen MR) is 103 cm³/mol. The molecule has 0 heterocycles. The molecule has 0 bridgehead atoms. The topological polar surface area (TPSA) is 57.5 Å². The zero-order valence-corrected chi connectivity index (χ0v) is 19.0. The van der Waals surface area contributed by atoms with E-state index in [1.54, 1.807) is 0 Å². The molecule has 151 valence electrons. The van der Waals surface area contributed by atoms with Gasteiger partial charge in [-0.15, -0.1) is 0 Å². The van der Waals surface area contributed by atoms with Crippen molar-refractivity contribution in [3.05, 3.63) is 0 Å². The Labute approximate surface area is 167 Å². The fourth-order valence-electron chi connectivity index (χ4n) is 3.01. The molecule has 2 N–H and O–H groups in total. The maximum absolute atomic E-state index is 9.73. The first kappa shape index (κ1) is 27.7. The Morgan fingerprint density at radius 3 is 1.20 bits per heavy atom. The SMILES string of the molecule is CC(C)CCCCCCCCCCCCCCC(O)C(C)C.[O]=[Ti][OH]. The maximum atomic E-state index is 9.73. The summed E-state index contributed by atoms with van der Waals surface area (Å²) in [6.45, 7) is 8.86. The summed E-state index contributed by atoms with van der Waals surface area (Å²) in [5.74, 6) is 1.30. The number of aliphatic hydroxyl groups excluding tert-OH is 1. The van der Waals surface area contributed by atoms with E-state index in [0.717, 1.165) is 12.3 Å². The molecule has 3 nitrogen and oxygen atoms in total. The molecule has 1 unspecified atom stereocenters. The van der Waals surface area contributed by atoms with Gasteiger partial charge in [0, 0.05) is 0 Å². The second-order valence-corrected chi connectivity index (χ2v) is 8.40. The van der Waals surface area contributed by atoms with Crippen LogP contribution in [-0.2, 0) is 22.8 Å². The van der Waals surface area contributed by atoms with E-state index in [9.17, 15) is 5.11 Å². The number of unbranched alkanes of at least 4 members (excludes halogenated alkanes) is 11. The standard InChI is InChI=1S/C21H44O.H2O.O.Ti/c1-19(2)17-15-13-11-9-7-5-6-8-10-12-14-16-18-21(22)20(3)4;;;/h19-22H,5-18H2,1-4H3;1H2;;/q;;;+1/p-1. The van der Waals surface area contributed by atoms with Gasteiger partial charge in [-0.1, -0.05) is 111 Å². The second-order valence-electron chi connectivity index (χ2n) is 8.12. The zero-order valence-electron chi connectivity index (χ0n) is 17.4. The van der Waals surface area contributed by atoms with Crippen LogP contribution in [0.4, 0.5) is 0 Å². The van der Waals surface area contributed by atoms with Gasteiger partial charge in [0.05, 0.1) is 6.10 Å². The Kier molecular flexibility index (Phi) is 24.9. The quantitative estimate of drug-likeness (QED) is 0.234. The normalized spacial score (nSPS) is 12.0. The number of hydrogen-bond acceptors (Lipinski definition) is 2. The van der Waals surface area contributed by atoms with Crippen LogP contribution in [-0.4, -0.2) is 14.9 Å². The van der Waals surface area contributed by atoms with E-state index in [0.29, 0.717) is 5.92 Å². The van der Waals surface area contributed by atoms with Crippen LogP contribution in [0, 0.1) is 11.8 Å². The Morgan fingerprint density at radius 1 is 0.640 bits per heavy atom. The molecule has 0 aliphatic heterocycles. The van der Waals surface area contributed by atoms with Crippen molar-refractivity contribution >= 4 is 0 Å². The summed E-state index contributed by atoms with van der Waals surface area (Å²) in [5, 5.41) is 9.73. The van der Waals surface area contributed by atoms with Gasteiger partial charge in [-0.05, 0) is 18.3 Å². The minimum atomic E-state index is -1.75. The zero-order chi connectivity index (χ0) is 19.3. The molecular weight excluding hydrogens is 348 g/mol. The Bertz CT molecular complexity index is 258. The van der Waals surface area contributed by atoms with E-state index in [4.69, 9.17) is 7.01 Å². The summed E-state index contributed by atoms with van der Waals surface area (Å²) in [5.41, 5.74) is 0. The van der Waals surface area contributed by atoms with Gasteiger partial charge in [0.1, 0.15) is 0 Å². The van der Waals surface area contributed by atoms with Crippen molar-refractivity contribution in [1.29, 1.82) is 0 Å². The number of aliphatic hydroxyl groups is 1. The molecule has 0 fully saturated rings. The van der Waals surface area contributed by atoms with Crippen LogP contribution in [0.3, 0.4) is 0 Å². The van der Waals surface area contributed by atoms with E-state index < -0.39 is 19.5 Å². The van der Waals surface area contributed by atoms with Crippen LogP contribution >= 0.6 is 0 Å². The second kappa shape index (κ2) is 22.5. The van der Waals surface area contributed by atoms with Gasteiger partial charge in [0.2, 0.25) is 0 Å². The molecule has 0 aromatic rings. The van der Waals surface area contributed by atoms with Gasteiger partial charge in [-0.25, -0.2) is 0 Å². The van der Waals surface area contributed by atoms with E-state index >= 15 is 0 Å². The van der Waals surface area contributed by atoms with Crippen LogP contribution in [0.15, 0.2) is 0 Å². The summed E-state index contributed by atoms with van der Waals surface area (Å²) in [7, 11) is 0. The molecule has 0 amide bonds. The molecule has 0 aromatic heterocycles. The molecular formula is C21H45O3Ti. The van der Waals surface area contributed by atoms with E-state index in [1.807, 2.05) is 0 Å². The van der Waals surface area contributed by atoms with Crippen molar-refractivity contribution in [1.82, 2.24) is 0 Å². The van der Waals surface area contributed by atoms with Gasteiger partial charge in [-0.2, -0.15) is 0 Å². The third-order valence-corrected chi connectivity index (χ3v) is 4.80. The van der Waals surface area contributed by atoms with Gasteiger partial charge < -0.3 is 5.11 Å². The molecule has 0 spiro atoms. The van der Waals surface area contributed by atoms with Crippen molar-refractivity contribution in [2.45, 2.75) is 124 Å². The molecule has 0 rings (SSSR count). The Balaban J connectivity index is 0. The van der Waals surface area contributed by atoms with Crippen LogP contribution < -0.4 is 0 Å². The van der Waals surface area contributed by atoms with E-state index in [1.165, 1.54) is 83.5 Å². The first-order valence-corrected chi connectivity index (χ1v) is 12.0. The minimum absolute atomic E-state index is 0.0828. The average Bonchev–Trinajstić information content (AvgIpc) is 2.55. The predicted octanol–water partition coefficient (Wildman–Crippen LogP) is 6.44. The average molecular weight is 393 g/mol. The van der Waals surface area contributed by atoms with Crippen molar-refractivity contribution in [2.24, 2.45) is 11.8 Å². The van der Waals surface area contributed by atoms with E-state index in [-0.39, 0.29) is 6.10 Å².